The Kier molecular flexibility index (Phi) is 4.04. The lowest BCUT2D eigenvalue weighted by Crippen LogP contribution is -2.23. The van der Waals surface area contributed by atoms with Crippen molar-refractivity contribution in [2.45, 2.75) is 19.1 Å². The molecule has 0 aliphatic carbocycles. The van der Waals surface area contributed by atoms with Gasteiger partial charge in [0.25, 0.3) is 0 Å². The van der Waals surface area contributed by atoms with Gasteiger partial charge in [0, 0.05) is 6.20 Å². The summed E-state index contributed by atoms with van der Waals surface area (Å²) in [5.41, 5.74) is 0.643. The SMILES string of the molecule is CNC(c1cnc(C)cn1)c1ccccc1C(F)(F)F. The highest BCUT2D eigenvalue weighted by Crippen LogP contribution is 2.35. The summed E-state index contributed by atoms with van der Waals surface area (Å²) in [6, 6.07) is 4.82. The fourth-order valence-electron chi connectivity index (χ4n) is 2.02. The summed E-state index contributed by atoms with van der Waals surface area (Å²) in [7, 11) is 1.60. The summed E-state index contributed by atoms with van der Waals surface area (Å²) in [6.07, 6.45) is -1.37. The molecule has 0 saturated heterocycles. The fraction of sp³-hybridized carbons (Fsp3) is 0.286. The van der Waals surface area contributed by atoms with E-state index in [2.05, 4.69) is 15.3 Å². The molecule has 20 heavy (non-hydrogen) atoms. The van der Waals surface area contributed by atoms with E-state index in [4.69, 9.17) is 0 Å². The highest BCUT2D eigenvalue weighted by atomic mass is 19.4. The molecule has 106 valence electrons. The molecule has 6 heteroatoms. The third-order valence-corrected chi connectivity index (χ3v) is 2.96. The molecule has 1 atom stereocenters. The van der Waals surface area contributed by atoms with Crippen LogP contribution in [0.3, 0.4) is 0 Å². The predicted octanol–water partition coefficient (Wildman–Crippen LogP) is 3.11. The van der Waals surface area contributed by atoms with Gasteiger partial charge in [0.1, 0.15) is 0 Å². The standard InChI is InChI=1S/C14H14F3N3/c1-9-7-20-12(8-19-9)13(18-2)10-5-3-4-6-11(10)14(15,16)17/h3-8,13,18H,1-2H3. The lowest BCUT2D eigenvalue weighted by molar-refractivity contribution is -0.138. The van der Waals surface area contributed by atoms with Crippen LogP contribution in [0.1, 0.15) is 28.6 Å². The number of rotatable bonds is 3. The smallest absolute Gasteiger partial charge is 0.308 e. The second kappa shape index (κ2) is 5.58. The van der Waals surface area contributed by atoms with Crippen molar-refractivity contribution in [1.29, 1.82) is 0 Å². The van der Waals surface area contributed by atoms with Gasteiger partial charge in [-0.25, -0.2) is 0 Å². The fourth-order valence-corrected chi connectivity index (χ4v) is 2.02. The monoisotopic (exact) mass is 281 g/mol. The van der Waals surface area contributed by atoms with Gasteiger partial charge < -0.3 is 5.32 Å². The van der Waals surface area contributed by atoms with Crippen LogP contribution < -0.4 is 5.32 Å². The Morgan fingerprint density at radius 2 is 1.80 bits per heavy atom. The number of nitrogens with one attached hydrogen (secondary N) is 1. The van der Waals surface area contributed by atoms with Crippen molar-refractivity contribution in [3.05, 3.63) is 59.2 Å². The van der Waals surface area contributed by atoms with E-state index in [0.717, 1.165) is 6.07 Å². The minimum atomic E-state index is -4.40. The van der Waals surface area contributed by atoms with E-state index in [0.29, 0.717) is 11.4 Å². The Morgan fingerprint density at radius 1 is 1.10 bits per heavy atom. The highest BCUT2D eigenvalue weighted by molar-refractivity contribution is 5.36. The number of aryl methyl sites for hydroxylation is 1. The molecule has 0 fully saturated rings. The van der Waals surface area contributed by atoms with Crippen molar-refractivity contribution in [3.63, 3.8) is 0 Å². The first-order valence-corrected chi connectivity index (χ1v) is 6.05. The minimum Gasteiger partial charge on any atom is -0.308 e. The van der Waals surface area contributed by atoms with Crippen LogP contribution >= 0.6 is 0 Å². The van der Waals surface area contributed by atoms with Gasteiger partial charge in [-0.1, -0.05) is 18.2 Å². The van der Waals surface area contributed by atoms with E-state index in [1.165, 1.54) is 24.5 Å². The van der Waals surface area contributed by atoms with Gasteiger partial charge >= 0.3 is 6.18 Å². The first-order valence-electron chi connectivity index (χ1n) is 6.05. The summed E-state index contributed by atoms with van der Waals surface area (Å²) in [5.74, 6) is 0. The second-order valence-corrected chi connectivity index (χ2v) is 4.39. The molecular formula is C14H14F3N3. The molecule has 2 rings (SSSR count). The number of alkyl halides is 3. The van der Waals surface area contributed by atoms with E-state index < -0.39 is 17.8 Å². The van der Waals surface area contributed by atoms with Gasteiger partial charge in [-0.3, -0.25) is 9.97 Å². The molecule has 2 aromatic rings. The van der Waals surface area contributed by atoms with Crippen LogP contribution in [0.2, 0.25) is 0 Å². The summed E-state index contributed by atoms with van der Waals surface area (Å²) < 4.78 is 39.2. The molecule has 0 aliphatic heterocycles. The third-order valence-electron chi connectivity index (χ3n) is 2.96. The van der Waals surface area contributed by atoms with Crippen molar-refractivity contribution < 1.29 is 13.2 Å². The molecule has 0 spiro atoms. The molecule has 1 unspecified atom stereocenters. The maximum absolute atomic E-state index is 13.1. The normalized spacial score (nSPS) is 13.2. The van der Waals surface area contributed by atoms with E-state index in [1.807, 2.05) is 0 Å². The van der Waals surface area contributed by atoms with E-state index in [9.17, 15) is 13.2 Å². The van der Waals surface area contributed by atoms with Crippen LogP contribution in [0.4, 0.5) is 13.2 Å². The number of benzene rings is 1. The molecule has 1 heterocycles. The average molecular weight is 281 g/mol. The second-order valence-electron chi connectivity index (χ2n) is 4.39. The van der Waals surface area contributed by atoms with Gasteiger partial charge in [-0.05, 0) is 25.6 Å². The van der Waals surface area contributed by atoms with Crippen LogP contribution in [0.15, 0.2) is 36.7 Å². The Bertz CT molecular complexity index is 579. The molecule has 1 N–H and O–H groups in total. The highest BCUT2D eigenvalue weighted by Gasteiger charge is 2.35. The number of hydrogen-bond donors (Lipinski definition) is 1. The molecule has 1 aromatic carbocycles. The lowest BCUT2D eigenvalue weighted by atomic mass is 9.98. The van der Waals surface area contributed by atoms with Crippen LogP contribution in [0.25, 0.3) is 0 Å². The van der Waals surface area contributed by atoms with Crippen LogP contribution in [-0.4, -0.2) is 17.0 Å². The maximum atomic E-state index is 13.1. The van der Waals surface area contributed by atoms with Crippen molar-refractivity contribution in [1.82, 2.24) is 15.3 Å². The molecule has 1 aromatic heterocycles. The lowest BCUT2D eigenvalue weighted by Gasteiger charge is -2.20. The zero-order chi connectivity index (χ0) is 14.8. The molecule has 0 aliphatic rings. The topological polar surface area (TPSA) is 37.8 Å². The molecule has 0 amide bonds. The van der Waals surface area contributed by atoms with E-state index in [1.54, 1.807) is 20.0 Å². The summed E-state index contributed by atoms with van der Waals surface area (Å²) in [5, 5.41) is 2.86. The predicted molar refractivity (Wildman–Crippen MR) is 69.1 cm³/mol. The molecular weight excluding hydrogens is 267 g/mol. The summed E-state index contributed by atoms with van der Waals surface area (Å²) >= 11 is 0. The van der Waals surface area contributed by atoms with Crippen LogP contribution in [0.5, 0.6) is 0 Å². The third kappa shape index (κ3) is 2.96. The number of hydrogen-bond acceptors (Lipinski definition) is 3. The maximum Gasteiger partial charge on any atom is 0.416 e. The summed E-state index contributed by atoms with van der Waals surface area (Å²) in [4.78, 5) is 8.24. The zero-order valence-corrected chi connectivity index (χ0v) is 11.1. The van der Waals surface area contributed by atoms with E-state index >= 15 is 0 Å². The van der Waals surface area contributed by atoms with Crippen molar-refractivity contribution in [3.8, 4) is 0 Å². The average Bonchev–Trinajstić information content (AvgIpc) is 2.41. The quantitative estimate of drug-likeness (QED) is 0.939. The Hall–Kier alpha value is -1.95. The van der Waals surface area contributed by atoms with Gasteiger partial charge in [-0.2, -0.15) is 13.2 Å². The van der Waals surface area contributed by atoms with Crippen molar-refractivity contribution >= 4 is 0 Å². The Labute approximate surface area is 114 Å². The number of halogens is 3. The van der Waals surface area contributed by atoms with Crippen molar-refractivity contribution in [2.75, 3.05) is 7.05 Å². The Morgan fingerprint density at radius 3 is 2.35 bits per heavy atom. The largest absolute Gasteiger partial charge is 0.416 e. The van der Waals surface area contributed by atoms with Gasteiger partial charge in [-0.15, -0.1) is 0 Å². The molecule has 0 radical (unpaired) electrons. The zero-order valence-electron chi connectivity index (χ0n) is 11.1. The molecule has 0 bridgehead atoms. The molecule has 3 nitrogen and oxygen atoms in total. The number of aromatic nitrogens is 2. The van der Waals surface area contributed by atoms with Crippen molar-refractivity contribution in [2.24, 2.45) is 0 Å². The van der Waals surface area contributed by atoms with Crippen LogP contribution in [0, 0.1) is 6.92 Å². The first kappa shape index (κ1) is 14.5. The Balaban J connectivity index is 2.50. The van der Waals surface area contributed by atoms with Crippen LogP contribution in [-0.2, 0) is 6.18 Å². The van der Waals surface area contributed by atoms with Gasteiger partial charge in [0.2, 0.25) is 0 Å². The van der Waals surface area contributed by atoms with E-state index in [-0.39, 0.29) is 5.56 Å². The minimum absolute atomic E-state index is 0.139. The van der Waals surface area contributed by atoms with Gasteiger partial charge in [0.15, 0.2) is 0 Å². The first-order chi connectivity index (χ1) is 9.43. The van der Waals surface area contributed by atoms with Gasteiger partial charge in [0.05, 0.1) is 29.2 Å². The molecule has 0 saturated carbocycles. The number of nitrogens with zero attached hydrogens (tertiary/aromatic N) is 2. The summed E-state index contributed by atoms with van der Waals surface area (Å²) in [6.45, 7) is 1.77.